The standard InChI is InChI=1S/C23H18ClN3O/c1-27-15-25-14-22(27)18-5-3-7-21(13-18)26-23(28)19-6-2-4-17(12-19)16-8-10-20(24)11-9-16/h2-15H,1H3,(H,26,28). The normalized spacial score (nSPS) is 10.6. The van der Waals surface area contributed by atoms with Crippen LogP contribution in [0, 0.1) is 0 Å². The van der Waals surface area contributed by atoms with Crippen molar-refractivity contribution >= 4 is 23.2 Å². The number of anilines is 1. The maximum atomic E-state index is 12.8. The highest BCUT2D eigenvalue weighted by Crippen LogP contribution is 2.24. The Balaban J connectivity index is 1.57. The third-order valence-electron chi connectivity index (χ3n) is 4.54. The topological polar surface area (TPSA) is 46.9 Å². The van der Waals surface area contributed by atoms with Crippen LogP contribution in [0.3, 0.4) is 0 Å². The number of hydrogen-bond acceptors (Lipinski definition) is 2. The van der Waals surface area contributed by atoms with Crippen LogP contribution in [-0.4, -0.2) is 15.5 Å². The molecule has 0 aliphatic heterocycles. The van der Waals surface area contributed by atoms with Crippen LogP contribution in [0.1, 0.15) is 10.4 Å². The molecule has 1 N–H and O–H groups in total. The monoisotopic (exact) mass is 387 g/mol. The second-order valence-corrected chi connectivity index (χ2v) is 6.95. The van der Waals surface area contributed by atoms with Crippen LogP contribution in [0.4, 0.5) is 5.69 Å². The summed E-state index contributed by atoms with van der Waals surface area (Å²) in [5, 5.41) is 3.66. The van der Waals surface area contributed by atoms with Crippen molar-refractivity contribution < 1.29 is 4.79 Å². The molecule has 4 nitrogen and oxygen atoms in total. The van der Waals surface area contributed by atoms with Gasteiger partial charge in [-0.05, 0) is 47.5 Å². The molecule has 0 spiro atoms. The van der Waals surface area contributed by atoms with Crippen molar-refractivity contribution in [2.24, 2.45) is 7.05 Å². The van der Waals surface area contributed by atoms with E-state index in [1.54, 1.807) is 18.6 Å². The van der Waals surface area contributed by atoms with E-state index in [9.17, 15) is 4.79 Å². The minimum absolute atomic E-state index is 0.155. The van der Waals surface area contributed by atoms with E-state index in [1.807, 2.05) is 78.3 Å². The Kier molecular flexibility index (Phi) is 4.96. The van der Waals surface area contributed by atoms with Gasteiger partial charge in [-0.1, -0.05) is 48.0 Å². The number of carbonyl (C=O) groups is 1. The largest absolute Gasteiger partial charge is 0.334 e. The highest BCUT2D eigenvalue weighted by atomic mass is 35.5. The average molecular weight is 388 g/mol. The summed E-state index contributed by atoms with van der Waals surface area (Å²) < 4.78 is 1.94. The fraction of sp³-hybridized carbons (Fsp3) is 0.0435. The number of imidazole rings is 1. The number of halogens is 1. The number of aromatic nitrogens is 2. The first-order chi connectivity index (χ1) is 13.6. The molecule has 3 aromatic carbocycles. The molecule has 0 radical (unpaired) electrons. The third-order valence-corrected chi connectivity index (χ3v) is 4.79. The molecule has 0 bridgehead atoms. The maximum absolute atomic E-state index is 12.8. The first-order valence-corrected chi connectivity index (χ1v) is 9.22. The van der Waals surface area contributed by atoms with Gasteiger partial charge < -0.3 is 9.88 Å². The first kappa shape index (κ1) is 18.0. The van der Waals surface area contributed by atoms with Crippen LogP contribution >= 0.6 is 11.6 Å². The molecule has 4 aromatic rings. The summed E-state index contributed by atoms with van der Waals surface area (Å²) in [6.45, 7) is 0. The quantitative estimate of drug-likeness (QED) is 0.491. The molecule has 0 aliphatic carbocycles. The smallest absolute Gasteiger partial charge is 0.255 e. The molecule has 0 fully saturated rings. The average Bonchev–Trinajstić information content (AvgIpc) is 3.15. The Hall–Kier alpha value is -3.37. The van der Waals surface area contributed by atoms with Crippen molar-refractivity contribution in [2.45, 2.75) is 0 Å². The number of aryl methyl sites for hydroxylation is 1. The number of nitrogens with zero attached hydrogens (tertiary/aromatic N) is 2. The number of nitrogens with one attached hydrogen (secondary N) is 1. The van der Waals surface area contributed by atoms with Crippen LogP contribution in [0.5, 0.6) is 0 Å². The summed E-state index contributed by atoms with van der Waals surface area (Å²) in [4.78, 5) is 16.9. The van der Waals surface area contributed by atoms with Crippen molar-refractivity contribution in [3.05, 3.63) is 95.9 Å². The van der Waals surface area contributed by atoms with E-state index in [2.05, 4.69) is 10.3 Å². The van der Waals surface area contributed by atoms with Gasteiger partial charge in [0.2, 0.25) is 0 Å². The van der Waals surface area contributed by atoms with E-state index in [-0.39, 0.29) is 5.91 Å². The molecular weight excluding hydrogens is 370 g/mol. The number of rotatable bonds is 4. The molecule has 1 aromatic heterocycles. The minimum atomic E-state index is -0.155. The summed E-state index contributed by atoms with van der Waals surface area (Å²) in [6.07, 6.45) is 3.55. The zero-order valence-corrected chi connectivity index (χ0v) is 16.0. The molecule has 0 saturated carbocycles. The van der Waals surface area contributed by atoms with Crippen LogP contribution in [0.15, 0.2) is 85.3 Å². The lowest BCUT2D eigenvalue weighted by Crippen LogP contribution is -2.11. The molecule has 0 saturated heterocycles. The van der Waals surface area contributed by atoms with Crippen molar-refractivity contribution in [3.63, 3.8) is 0 Å². The molecule has 28 heavy (non-hydrogen) atoms. The second-order valence-electron chi connectivity index (χ2n) is 6.51. The lowest BCUT2D eigenvalue weighted by Gasteiger charge is -2.09. The Morgan fingerprint density at radius 1 is 0.929 bits per heavy atom. The van der Waals surface area contributed by atoms with Gasteiger partial charge in [0.15, 0.2) is 0 Å². The lowest BCUT2D eigenvalue weighted by atomic mass is 10.0. The maximum Gasteiger partial charge on any atom is 0.255 e. The van der Waals surface area contributed by atoms with Gasteiger partial charge in [-0.15, -0.1) is 0 Å². The van der Waals surface area contributed by atoms with Gasteiger partial charge in [0, 0.05) is 28.9 Å². The summed E-state index contributed by atoms with van der Waals surface area (Å²) in [6, 6.07) is 22.8. The Bertz CT molecular complexity index is 1130. The number of amides is 1. The van der Waals surface area contributed by atoms with E-state index in [1.165, 1.54) is 0 Å². The van der Waals surface area contributed by atoms with Gasteiger partial charge in [0.05, 0.1) is 18.2 Å². The van der Waals surface area contributed by atoms with E-state index in [4.69, 9.17) is 11.6 Å². The first-order valence-electron chi connectivity index (χ1n) is 8.84. The van der Waals surface area contributed by atoms with Gasteiger partial charge in [-0.2, -0.15) is 0 Å². The van der Waals surface area contributed by atoms with Crippen molar-refractivity contribution in [1.29, 1.82) is 0 Å². The molecule has 0 aliphatic rings. The lowest BCUT2D eigenvalue weighted by molar-refractivity contribution is 0.102. The number of carbonyl (C=O) groups excluding carboxylic acids is 1. The fourth-order valence-corrected chi connectivity index (χ4v) is 3.20. The molecule has 138 valence electrons. The molecule has 0 atom stereocenters. The second kappa shape index (κ2) is 7.71. The van der Waals surface area contributed by atoms with Gasteiger partial charge >= 0.3 is 0 Å². The summed E-state index contributed by atoms with van der Waals surface area (Å²) in [5.74, 6) is -0.155. The fourth-order valence-electron chi connectivity index (χ4n) is 3.08. The van der Waals surface area contributed by atoms with Gasteiger partial charge in [-0.25, -0.2) is 4.98 Å². The predicted molar refractivity (Wildman–Crippen MR) is 113 cm³/mol. The van der Waals surface area contributed by atoms with Crippen LogP contribution in [-0.2, 0) is 7.05 Å². The van der Waals surface area contributed by atoms with Crippen LogP contribution < -0.4 is 5.32 Å². The SMILES string of the molecule is Cn1cncc1-c1cccc(NC(=O)c2cccc(-c3ccc(Cl)cc3)c2)c1. The van der Waals surface area contributed by atoms with Crippen LogP contribution in [0.2, 0.25) is 5.02 Å². The Morgan fingerprint density at radius 3 is 2.43 bits per heavy atom. The van der Waals surface area contributed by atoms with Crippen molar-refractivity contribution in [3.8, 4) is 22.4 Å². The van der Waals surface area contributed by atoms with Crippen molar-refractivity contribution in [2.75, 3.05) is 5.32 Å². The predicted octanol–water partition coefficient (Wildman–Crippen LogP) is 5.66. The highest BCUT2D eigenvalue weighted by molar-refractivity contribution is 6.30. The molecule has 4 rings (SSSR count). The number of benzene rings is 3. The summed E-state index contributed by atoms with van der Waals surface area (Å²) in [5.41, 5.74) is 5.29. The van der Waals surface area contributed by atoms with E-state index >= 15 is 0 Å². The highest BCUT2D eigenvalue weighted by Gasteiger charge is 2.09. The third kappa shape index (κ3) is 3.82. The zero-order valence-electron chi connectivity index (χ0n) is 15.3. The van der Waals surface area contributed by atoms with E-state index < -0.39 is 0 Å². The Labute approximate surface area is 168 Å². The van der Waals surface area contributed by atoms with E-state index in [0.717, 1.165) is 28.1 Å². The molecule has 0 unspecified atom stereocenters. The summed E-state index contributed by atoms with van der Waals surface area (Å²) in [7, 11) is 1.94. The molecule has 1 amide bonds. The molecule has 1 heterocycles. The van der Waals surface area contributed by atoms with Gasteiger partial charge in [-0.3, -0.25) is 4.79 Å². The minimum Gasteiger partial charge on any atom is -0.334 e. The van der Waals surface area contributed by atoms with Gasteiger partial charge in [0.25, 0.3) is 5.91 Å². The molecule has 5 heteroatoms. The van der Waals surface area contributed by atoms with Crippen LogP contribution in [0.25, 0.3) is 22.4 Å². The van der Waals surface area contributed by atoms with E-state index in [0.29, 0.717) is 10.6 Å². The molecular formula is C23H18ClN3O. The van der Waals surface area contributed by atoms with Crippen molar-refractivity contribution in [1.82, 2.24) is 9.55 Å². The van der Waals surface area contributed by atoms with Gasteiger partial charge in [0.1, 0.15) is 0 Å². The summed E-state index contributed by atoms with van der Waals surface area (Å²) >= 11 is 5.96. The Morgan fingerprint density at radius 2 is 1.68 bits per heavy atom. The zero-order chi connectivity index (χ0) is 19.5. The number of hydrogen-bond donors (Lipinski definition) is 1.